The van der Waals surface area contributed by atoms with Gasteiger partial charge in [0.15, 0.2) is 5.78 Å². The molecule has 0 unspecified atom stereocenters. The van der Waals surface area contributed by atoms with E-state index in [1.54, 1.807) is 32.0 Å². The van der Waals surface area contributed by atoms with Gasteiger partial charge in [-0.1, -0.05) is 6.07 Å². The molecule has 0 N–H and O–H groups in total. The van der Waals surface area contributed by atoms with Crippen LogP contribution in [0.5, 0.6) is 0 Å². The summed E-state index contributed by atoms with van der Waals surface area (Å²) >= 11 is 3.11. The van der Waals surface area contributed by atoms with Gasteiger partial charge in [0.2, 0.25) is 0 Å². The van der Waals surface area contributed by atoms with Crippen LogP contribution >= 0.6 is 15.9 Å². The fourth-order valence-corrected chi connectivity index (χ4v) is 2.26. The predicted octanol–water partition coefficient (Wildman–Crippen LogP) is 4.22. The molecule has 2 aromatic rings. The molecule has 0 fully saturated rings. The van der Waals surface area contributed by atoms with Crippen LogP contribution in [0.25, 0.3) is 0 Å². The number of rotatable bonds is 3. The molecule has 2 rings (SSSR count). The molecule has 0 saturated heterocycles. The summed E-state index contributed by atoms with van der Waals surface area (Å²) in [4.78, 5) is 12.1. The van der Waals surface area contributed by atoms with Crippen LogP contribution in [-0.2, 0) is 6.42 Å². The minimum absolute atomic E-state index is 0.0251. The van der Waals surface area contributed by atoms with Crippen molar-refractivity contribution in [3.05, 3.63) is 57.2 Å². The lowest BCUT2D eigenvalue weighted by Gasteiger charge is -2.02. The molecule has 1 aromatic carbocycles. The summed E-state index contributed by atoms with van der Waals surface area (Å²) in [5.41, 5.74) is 1.36. The van der Waals surface area contributed by atoms with E-state index in [4.69, 9.17) is 4.42 Å². The average molecular weight is 311 g/mol. The third kappa shape index (κ3) is 2.70. The highest BCUT2D eigenvalue weighted by Gasteiger charge is 2.14. The topological polar surface area (TPSA) is 30.2 Å². The highest BCUT2D eigenvalue weighted by atomic mass is 79.9. The standard InChI is InChI=1S/C14H12BrFO2/c1-8-5-11(9(2)18-8)14(17)7-10-3-4-13(16)12(15)6-10/h3-6H,7H2,1-2H3. The summed E-state index contributed by atoms with van der Waals surface area (Å²) < 4.78 is 18.8. The average Bonchev–Trinajstić information content (AvgIpc) is 2.63. The Labute approximate surface area is 113 Å². The molecule has 0 bridgehead atoms. The van der Waals surface area contributed by atoms with Crippen LogP contribution in [0.3, 0.4) is 0 Å². The van der Waals surface area contributed by atoms with Gasteiger partial charge in [0.1, 0.15) is 17.3 Å². The van der Waals surface area contributed by atoms with E-state index in [1.807, 2.05) is 0 Å². The maximum Gasteiger partial charge on any atom is 0.170 e. The highest BCUT2D eigenvalue weighted by molar-refractivity contribution is 9.10. The van der Waals surface area contributed by atoms with Crippen molar-refractivity contribution in [1.82, 2.24) is 0 Å². The first kappa shape index (κ1) is 13.0. The van der Waals surface area contributed by atoms with Crippen LogP contribution in [0.2, 0.25) is 0 Å². The van der Waals surface area contributed by atoms with Crippen molar-refractivity contribution in [2.75, 3.05) is 0 Å². The van der Waals surface area contributed by atoms with Crippen molar-refractivity contribution in [1.29, 1.82) is 0 Å². The molecule has 0 aliphatic heterocycles. The van der Waals surface area contributed by atoms with E-state index < -0.39 is 0 Å². The number of hydrogen-bond acceptors (Lipinski definition) is 2. The smallest absolute Gasteiger partial charge is 0.170 e. The first-order chi connectivity index (χ1) is 8.47. The molecule has 0 atom stereocenters. The van der Waals surface area contributed by atoms with Crippen molar-refractivity contribution in [2.24, 2.45) is 0 Å². The van der Waals surface area contributed by atoms with Crippen molar-refractivity contribution >= 4 is 21.7 Å². The fourth-order valence-electron chi connectivity index (χ4n) is 1.84. The predicted molar refractivity (Wildman–Crippen MR) is 70.3 cm³/mol. The Bertz CT molecular complexity index is 602. The monoisotopic (exact) mass is 310 g/mol. The lowest BCUT2D eigenvalue weighted by molar-refractivity contribution is 0.0991. The quantitative estimate of drug-likeness (QED) is 0.794. The summed E-state index contributed by atoms with van der Waals surface area (Å²) in [5, 5.41) is 0. The number of ketones is 1. The van der Waals surface area contributed by atoms with Gasteiger partial charge in [-0.2, -0.15) is 0 Å². The summed E-state index contributed by atoms with van der Waals surface area (Å²) in [7, 11) is 0. The van der Waals surface area contributed by atoms with Gasteiger partial charge < -0.3 is 4.42 Å². The van der Waals surface area contributed by atoms with Gasteiger partial charge in [0, 0.05) is 6.42 Å². The number of benzene rings is 1. The molecule has 0 radical (unpaired) electrons. The van der Waals surface area contributed by atoms with Crippen LogP contribution in [0.1, 0.15) is 27.4 Å². The Balaban J connectivity index is 2.21. The number of Topliss-reactive ketones (excluding diaryl/α,β-unsaturated/α-hetero) is 1. The van der Waals surface area contributed by atoms with E-state index in [1.165, 1.54) is 6.07 Å². The minimum Gasteiger partial charge on any atom is -0.466 e. The normalized spacial score (nSPS) is 10.7. The zero-order valence-electron chi connectivity index (χ0n) is 10.1. The molecule has 4 heteroatoms. The molecule has 2 nitrogen and oxygen atoms in total. The first-order valence-corrected chi connectivity index (χ1v) is 6.31. The summed E-state index contributed by atoms with van der Waals surface area (Å²) in [6.45, 7) is 3.57. The summed E-state index contributed by atoms with van der Waals surface area (Å²) in [6.07, 6.45) is 0.235. The van der Waals surface area contributed by atoms with Crippen molar-refractivity contribution in [3.63, 3.8) is 0 Å². The van der Waals surface area contributed by atoms with E-state index in [0.717, 1.165) is 11.3 Å². The van der Waals surface area contributed by atoms with Gasteiger partial charge in [0.25, 0.3) is 0 Å². The SMILES string of the molecule is Cc1cc(C(=O)Cc2ccc(F)c(Br)c2)c(C)o1. The lowest BCUT2D eigenvalue weighted by Crippen LogP contribution is -2.04. The zero-order valence-corrected chi connectivity index (χ0v) is 11.7. The molecule has 0 saturated carbocycles. The van der Waals surface area contributed by atoms with Gasteiger partial charge in [-0.05, 0) is 53.5 Å². The van der Waals surface area contributed by atoms with Gasteiger partial charge in [-0.25, -0.2) is 4.39 Å². The van der Waals surface area contributed by atoms with Crippen LogP contribution in [-0.4, -0.2) is 5.78 Å². The Hall–Kier alpha value is -1.42. The number of carbonyl (C=O) groups excluding carboxylic acids is 1. The third-order valence-corrected chi connectivity index (χ3v) is 3.30. The minimum atomic E-state index is -0.332. The number of aryl methyl sites for hydroxylation is 2. The number of halogens is 2. The Kier molecular flexibility index (Phi) is 3.66. The molecule has 18 heavy (non-hydrogen) atoms. The largest absolute Gasteiger partial charge is 0.466 e. The molecule has 1 aromatic heterocycles. The maximum absolute atomic E-state index is 13.1. The zero-order chi connectivity index (χ0) is 13.3. The van der Waals surface area contributed by atoms with E-state index in [2.05, 4.69) is 15.9 Å². The van der Waals surface area contributed by atoms with Crippen LogP contribution < -0.4 is 0 Å². The van der Waals surface area contributed by atoms with Crippen molar-refractivity contribution in [2.45, 2.75) is 20.3 Å². The second kappa shape index (κ2) is 5.06. The Morgan fingerprint density at radius 2 is 2.06 bits per heavy atom. The summed E-state index contributed by atoms with van der Waals surface area (Å²) in [6, 6.07) is 6.31. The second-order valence-corrected chi connectivity index (χ2v) is 5.03. The van der Waals surface area contributed by atoms with Crippen molar-refractivity contribution in [3.8, 4) is 0 Å². The summed E-state index contributed by atoms with van der Waals surface area (Å²) in [5.74, 6) is 0.985. The maximum atomic E-state index is 13.1. The molecule has 0 aliphatic carbocycles. The molecular weight excluding hydrogens is 299 g/mol. The van der Waals surface area contributed by atoms with E-state index in [9.17, 15) is 9.18 Å². The first-order valence-electron chi connectivity index (χ1n) is 5.51. The van der Waals surface area contributed by atoms with Gasteiger partial charge >= 0.3 is 0 Å². The van der Waals surface area contributed by atoms with Crippen molar-refractivity contribution < 1.29 is 13.6 Å². The Morgan fingerprint density at radius 1 is 1.33 bits per heavy atom. The molecule has 0 spiro atoms. The van der Waals surface area contributed by atoms with Crippen LogP contribution in [0, 0.1) is 19.7 Å². The lowest BCUT2D eigenvalue weighted by atomic mass is 10.0. The van der Waals surface area contributed by atoms with E-state index in [0.29, 0.717) is 15.8 Å². The van der Waals surface area contributed by atoms with Crippen LogP contribution in [0.15, 0.2) is 33.2 Å². The fraction of sp³-hybridized carbons (Fsp3) is 0.214. The van der Waals surface area contributed by atoms with Gasteiger partial charge in [0.05, 0.1) is 10.0 Å². The Morgan fingerprint density at radius 3 is 2.61 bits per heavy atom. The molecule has 94 valence electrons. The molecule has 0 amide bonds. The van der Waals surface area contributed by atoms with Gasteiger partial charge in [-0.3, -0.25) is 4.79 Å². The highest BCUT2D eigenvalue weighted by Crippen LogP contribution is 2.20. The number of hydrogen-bond donors (Lipinski definition) is 0. The van der Waals surface area contributed by atoms with E-state index >= 15 is 0 Å². The number of carbonyl (C=O) groups is 1. The third-order valence-electron chi connectivity index (χ3n) is 2.69. The number of furan rings is 1. The second-order valence-electron chi connectivity index (χ2n) is 4.18. The molecule has 0 aliphatic rings. The van der Waals surface area contributed by atoms with Gasteiger partial charge in [-0.15, -0.1) is 0 Å². The molecule has 1 heterocycles. The molecular formula is C14H12BrFO2. The van der Waals surface area contributed by atoms with E-state index in [-0.39, 0.29) is 18.0 Å². The van der Waals surface area contributed by atoms with Crippen LogP contribution in [0.4, 0.5) is 4.39 Å².